The molecule has 0 spiro atoms. The van der Waals surface area contributed by atoms with Gasteiger partial charge in [-0.15, -0.1) is 0 Å². The lowest BCUT2D eigenvalue weighted by atomic mass is 10.1. The molecule has 0 aromatic carbocycles. The van der Waals surface area contributed by atoms with Crippen molar-refractivity contribution < 1.29 is 14.0 Å². The SMILES string of the molecule is CC1CN2CC(C)OB(O1)OC(C)C2. The van der Waals surface area contributed by atoms with Crippen LogP contribution in [0.25, 0.3) is 0 Å². The van der Waals surface area contributed by atoms with Crippen LogP contribution in [0.15, 0.2) is 0 Å². The number of hydrogen-bond donors (Lipinski definition) is 0. The first kappa shape index (κ1) is 10.4. The zero-order chi connectivity index (χ0) is 10.1. The normalized spacial score (nSPS) is 44.4. The van der Waals surface area contributed by atoms with E-state index >= 15 is 0 Å². The van der Waals surface area contributed by atoms with E-state index in [1.54, 1.807) is 0 Å². The highest BCUT2D eigenvalue weighted by Crippen LogP contribution is 2.16. The fourth-order valence-corrected chi connectivity index (χ4v) is 2.11. The van der Waals surface area contributed by atoms with E-state index in [2.05, 4.69) is 25.7 Å². The Morgan fingerprint density at radius 1 is 0.857 bits per heavy atom. The summed E-state index contributed by atoms with van der Waals surface area (Å²) in [5.74, 6) is 0. The predicted octanol–water partition coefficient (Wildman–Crippen LogP) is 0.516. The van der Waals surface area contributed by atoms with Gasteiger partial charge >= 0.3 is 7.32 Å². The second-order valence-corrected chi connectivity index (χ2v) is 4.35. The molecule has 0 saturated carbocycles. The third-order valence-electron chi connectivity index (χ3n) is 2.58. The Morgan fingerprint density at radius 3 is 1.57 bits per heavy atom. The van der Waals surface area contributed by atoms with Crippen molar-refractivity contribution in [3.63, 3.8) is 0 Å². The molecule has 0 aromatic heterocycles. The second kappa shape index (κ2) is 4.19. The molecule has 3 heterocycles. The van der Waals surface area contributed by atoms with Crippen LogP contribution in [0.3, 0.4) is 0 Å². The van der Waals surface area contributed by atoms with Gasteiger partial charge in [-0.3, -0.25) is 4.90 Å². The highest BCUT2D eigenvalue weighted by molar-refractivity contribution is 6.36. The van der Waals surface area contributed by atoms with E-state index in [4.69, 9.17) is 14.0 Å². The van der Waals surface area contributed by atoms with Crippen LogP contribution in [0.2, 0.25) is 0 Å². The zero-order valence-corrected chi connectivity index (χ0v) is 9.10. The first-order valence-corrected chi connectivity index (χ1v) is 5.32. The Bertz CT molecular complexity index is 153. The fraction of sp³-hybridized carbons (Fsp3) is 1.00. The molecule has 3 fully saturated rings. The van der Waals surface area contributed by atoms with Gasteiger partial charge in [0.1, 0.15) is 0 Å². The van der Waals surface area contributed by atoms with Gasteiger partial charge < -0.3 is 14.0 Å². The minimum Gasteiger partial charge on any atom is -0.382 e. The topological polar surface area (TPSA) is 30.9 Å². The Kier molecular flexibility index (Phi) is 3.12. The molecule has 0 aromatic rings. The largest absolute Gasteiger partial charge is 0.640 e. The minimum absolute atomic E-state index is 0.181. The first-order chi connectivity index (χ1) is 6.63. The maximum atomic E-state index is 5.62. The fourth-order valence-electron chi connectivity index (χ4n) is 2.11. The Hall–Kier alpha value is -0.0951. The molecule has 3 aliphatic rings. The maximum absolute atomic E-state index is 5.62. The molecule has 0 radical (unpaired) electrons. The van der Waals surface area contributed by atoms with Crippen molar-refractivity contribution in [3.05, 3.63) is 0 Å². The summed E-state index contributed by atoms with van der Waals surface area (Å²) in [5, 5.41) is 0. The molecule has 3 atom stereocenters. The van der Waals surface area contributed by atoms with Crippen molar-refractivity contribution in [1.82, 2.24) is 4.90 Å². The monoisotopic (exact) mass is 199 g/mol. The quantitative estimate of drug-likeness (QED) is 0.532. The molecule has 2 bridgehead atoms. The van der Waals surface area contributed by atoms with Gasteiger partial charge in [0.15, 0.2) is 0 Å². The number of rotatable bonds is 0. The standard InChI is InChI=1S/C9H18BNO3/c1-7-4-11-5-8(2)13-10(12-7)14-9(3)6-11/h7-9H,4-6H2,1-3H3. The van der Waals surface area contributed by atoms with Crippen LogP contribution in [0.4, 0.5) is 0 Å². The predicted molar refractivity (Wildman–Crippen MR) is 53.8 cm³/mol. The van der Waals surface area contributed by atoms with Gasteiger partial charge in [-0.25, -0.2) is 0 Å². The summed E-state index contributed by atoms with van der Waals surface area (Å²) in [5.41, 5.74) is 0. The van der Waals surface area contributed by atoms with Crippen LogP contribution in [0, 0.1) is 0 Å². The van der Waals surface area contributed by atoms with E-state index in [1.807, 2.05) is 0 Å². The summed E-state index contributed by atoms with van der Waals surface area (Å²) < 4.78 is 16.9. The van der Waals surface area contributed by atoms with Gasteiger partial charge in [-0.05, 0) is 20.8 Å². The molecule has 3 aliphatic heterocycles. The smallest absolute Gasteiger partial charge is 0.382 e. The molecule has 14 heavy (non-hydrogen) atoms. The Labute approximate surface area is 85.7 Å². The lowest BCUT2D eigenvalue weighted by Crippen LogP contribution is -2.53. The summed E-state index contributed by atoms with van der Waals surface area (Å²) in [6.07, 6.45) is 0.542. The third kappa shape index (κ3) is 2.48. The van der Waals surface area contributed by atoms with Gasteiger partial charge in [-0.2, -0.15) is 0 Å². The van der Waals surface area contributed by atoms with E-state index in [0.29, 0.717) is 0 Å². The summed E-state index contributed by atoms with van der Waals surface area (Å²) in [6.45, 7) is 9.07. The van der Waals surface area contributed by atoms with Gasteiger partial charge in [0.25, 0.3) is 0 Å². The highest BCUT2D eigenvalue weighted by Gasteiger charge is 2.36. The molecule has 0 N–H and O–H groups in total. The number of fused-ring (bicyclic) bond motifs is 6. The molecule has 3 unspecified atom stereocenters. The Balaban J connectivity index is 2.10. The second-order valence-electron chi connectivity index (χ2n) is 4.35. The molecule has 3 saturated heterocycles. The van der Waals surface area contributed by atoms with E-state index in [0.717, 1.165) is 19.6 Å². The van der Waals surface area contributed by atoms with Gasteiger partial charge in [0, 0.05) is 19.6 Å². The van der Waals surface area contributed by atoms with Gasteiger partial charge in [0.2, 0.25) is 0 Å². The summed E-state index contributed by atoms with van der Waals surface area (Å²) in [7, 11) is -0.475. The van der Waals surface area contributed by atoms with Gasteiger partial charge in [0.05, 0.1) is 18.3 Å². The summed E-state index contributed by atoms with van der Waals surface area (Å²) >= 11 is 0. The van der Waals surface area contributed by atoms with Crippen LogP contribution < -0.4 is 0 Å². The van der Waals surface area contributed by atoms with E-state index in [9.17, 15) is 0 Å². The number of nitrogens with zero attached hydrogens (tertiary/aromatic N) is 1. The zero-order valence-electron chi connectivity index (χ0n) is 9.10. The highest BCUT2D eigenvalue weighted by atomic mass is 16.7. The van der Waals surface area contributed by atoms with Crippen molar-refractivity contribution in [3.8, 4) is 0 Å². The lowest BCUT2D eigenvalue weighted by Gasteiger charge is -2.38. The average Bonchev–Trinajstić information content (AvgIpc) is 1.96. The number of hydrogen-bond acceptors (Lipinski definition) is 4. The molecular weight excluding hydrogens is 181 g/mol. The molecule has 80 valence electrons. The molecule has 5 heteroatoms. The minimum atomic E-state index is -0.475. The van der Waals surface area contributed by atoms with E-state index < -0.39 is 7.32 Å². The molecular formula is C9H18BNO3. The van der Waals surface area contributed by atoms with Crippen molar-refractivity contribution >= 4 is 7.32 Å². The van der Waals surface area contributed by atoms with Crippen LogP contribution in [-0.4, -0.2) is 50.2 Å². The molecule has 4 nitrogen and oxygen atoms in total. The van der Waals surface area contributed by atoms with Crippen LogP contribution >= 0.6 is 0 Å². The third-order valence-corrected chi connectivity index (χ3v) is 2.58. The van der Waals surface area contributed by atoms with Crippen LogP contribution in [0.5, 0.6) is 0 Å². The van der Waals surface area contributed by atoms with E-state index in [1.165, 1.54) is 0 Å². The van der Waals surface area contributed by atoms with Crippen molar-refractivity contribution in [1.29, 1.82) is 0 Å². The van der Waals surface area contributed by atoms with Crippen molar-refractivity contribution in [2.24, 2.45) is 0 Å². The summed E-state index contributed by atoms with van der Waals surface area (Å²) in [4.78, 5) is 2.34. The van der Waals surface area contributed by atoms with Crippen LogP contribution in [-0.2, 0) is 14.0 Å². The molecule has 0 aliphatic carbocycles. The van der Waals surface area contributed by atoms with E-state index in [-0.39, 0.29) is 18.3 Å². The van der Waals surface area contributed by atoms with Crippen molar-refractivity contribution in [2.45, 2.75) is 39.1 Å². The molecule has 0 amide bonds. The average molecular weight is 199 g/mol. The molecule has 3 rings (SSSR count). The summed E-state index contributed by atoms with van der Waals surface area (Å²) in [6, 6.07) is 0. The first-order valence-electron chi connectivity index (χ1n) is 5.32. The van der Waals surface area contributed by atoms with Crippen LogP contribution in [0.1, 0.15) is 20.8 Å². The lowest BCUT2D eigenvalue weighted by molar-refractivity contribution is -0.0583. The Morgan fingerprint density at radius 2 is 1.21 bits per heavy atom. The van der Waals surface area contributed by atoms with Gasteiger partial charge in [-0.1, -0.05) is 0 Å². The van der Waals surface area contributed by atoms with Crippen molar-refractivity contribution in [2.75, 3.05) is 19.6 Å². The maximum Gasteiger partial charge on any atom is 0.640 e.